The van der Waals surface area contributed by atoms with Crippen molar-refractivity contribution in [2.75, 3.05) is 26.7 Å². The van der Waals surface area contributed by atoms with E-state index in [1.165, 1.54) is 19.5 Å². The van der Waals surface area contributed by atoms with Crippen molar-refractivity contribution in [2.24, 2.45) is 5.92 Å². The zero-order valence-corrected chi connectivity index (χ0v) is 13.3. The molecule has 0 saturated carbocycles. The fraction of sp³-hybridized carbons (Fsp3) is 0.444. The molecular weight excluding hydrogens is 290 g/mol. The van der Waals surface area contributed by atoms with Crippen molar-refractivity contribution in [3.05, 3.63) is 36.2 Å². The summed E-state index contributed by atoms with van der Waals surface area (Å²) in [5, 5.41) is 5.13. The van der Waals surface area contributed by atoms with Gasteiger partial charge in [0, 0.05) is 30.7 Å². The number of hydrogen-bond donors (Lipinski definition) is 1. The third-order valence-corrected chi connectivity index (χ3v) is 4.96. The Morgan fingerprint density at radius 2 is 2.22 bits per heavy atom. The predicted molar refractivity (Wildman–Crippen MR) is 88.7 cm³/mol. The van der Waals surface area contributed by atoms with E-state index in [1.54, 1.807) is 13.3 Å². The van der Waals surface area contributed by atoms with Crippen molar-refractivity contribution < 1.29 is 9.53 Å². The number of fused-ring (bicyclic) bond motifs is 3. The lowest BCUT2D eigenvalue weighted by atomic mass is 9.97. The summed E-state index contributed by atoms with van der Waals surface area (Å²) in [6, 6.07) is 7.86. The molecule has 3 heterocycles. The highest BCUT2D eigenvalue weighted by Gasteiger charge is 2.33. The normalized spacial score (nSPS) is 26.2. The molecule has 5 heteroatoms. The first-order valence-corrected chi connectivity index (χ1v) is 8.18. The maximum atomic E-state index is 12.5. The Kier molecular flexibility index (Phi) is 3.65. The van der Waals surface area contributed by atoms with Crippen LogP contribution >= 0.6 is 0 Å². The molecule has 3 atom stereocenters. The highest BCUT2D eigenvalue weighted by Crippen LogP contribution is 2.27. The average molecular weight is 311 g/mol. The molecule has 2 aromatic rings. The van der Waals surface area contributed by atoms with Gasteiger partial charge < -0.3 is 15.0 Å². The lowest BCUT2D eigenvalue weighted by Gasteiger charge is -2.30. The van der Waals surface area contributed by atoms with E-state index in [0.717, 1.165) is 35.4 Å². The minimum atomic E-state index is -0.0813. The minimum Gasteiger partial charge on any atom is -0.497 e. The van der Waals surface area contributed by atoms with Crippen LogP contribution in [0.2, 0.25) is 0 Å². The first-order valence-electron chi connectivity index (χ1n) is 8.18. The molecule has 1 amide bonds. The van der Waals surface area contributed by atoms with Crippen LogP contribution in [0.1, 0.15) is 23.3 Å². The van der Waals surface area contributed by atoms with Gasteiger partial charge in [-0.3, -0.25) is 9.78 Å². The SMILES string of the molecule is COc1ccc2cnc(C(=O)N[C@@H]3C[C@@H]4CCN(C4)C3)cc2c1. The molecule has 120 valence electrons. The van der Waals surface area contributed by atoms with Crippen LogP contribution in [0.5, 0.6) is 5.75 Å². The van der Waals surface area contributed by atoms with Gasteiger partial charge in [0.25, 0.3) is 5.91 Å². The molecular formula is C18H21N3O2. The smallest absolute Gasteiger partial charge is 0.270 e. The number of piperidine rings is 1. The standard InChI is InChI=1S/C18H21N3O2/c1-23-16-3-2-13-9-19-17(8-14(13)7-16)18(22)20-15-6-12-4-5-21(10-12)11-15/h2-3,7-9,12,15H,4-6,10-11H2,1H3,(H,20,22)/t12-,15+/m0/s1. The molecule has 1 N–H and O–H groups in total. The fourth-order valence-corrected chi connectivity index (χ4v) is 3.79. The lowest BCUT2D eigenvalue weighted by Crippen LogP contribution is -2.47. The number of rotatable bonds is 3. The number of benzene rings is 1. The number of nitrogens with zero attached hydrogens (tertiary/aromatic N) is 2. The number of carbonyl (C=O) groups is 1. The topological polar surface area (TPSA) is 54.5 Å². The van der Waals surface area contributed by atoms with Crippen molar-refractivity contribution in [3.8, 4) is 5.75 Å². The third kappa shape index (κ3) is 2.88. The van der Waals surface area contributed by atoms with E-state index in [2.05, 4.69) is 15.2 Å². The van der Waals surface area contributed by atoms with Crippen molar-refractivity contribution >= 4 is 16.7 Å². The van der Waals surface area contributed by atoms with Crippen molar-refractivity contribution in [2.45, 2.75) is 18.9 Å². The summed E-state index contributed by atoms with van der Waals surface area (Å²) in [5.74, 6) is 1.44. The first kappa shape index (κ1) is 14.5. The van der Waals surface area contributed by atoms with E-state index in [4.69, 9.17) is 4.74 Å². The van der Waals surface area contributed by atoms with Crippen LogP contribution < -0.4 is 10.1 Å². The predicted octanol–water partition coefficient (Wildman–Crippen LogP) is 2.07. The summed E-state index contributed by atoms with van der Waals surface area (Å²) in [5.41, 5.74) is 0.471. The van der Waals surface area contributed by atoms with E-state index in [9.17, 15) is 4.79 Å². The van der Waals surface area contributed by atoms with E-state index in [1.807, 2.05) is 24.3 Å². The molecule has 2 bridgehead atoms. The van der Waals surface area contributed by atoms with Gasteiger partial charge in [0.1, 0.15) is 11.4 Å². The first-order chi connectivity index (χ1) is 11.2. The van der Waals surface area contributed by atoms with E-state index >= 15 is 0 Å². The monoisotopic (exact) mass is 311 g/mol. The molecule has 2 fully saturated rings. The van der Waals surface area contributed by atoms with Crippen LogP contribution in [0.15, 0.2) is 30.5 Å². The van der Waals surface area contributed by atoms with E-state index in [0.29, 0.717) is 5.69 Å². The summed E-state index contributed by atoms with van der Waals surface area (Å²) >= 11 is 0. The van der Waals surface area contributed by atoms with Gasteiger partial charge in [0.15, 0.2) is 0 Å². The Hall–Kier alpha value is -2.14. The fourth-order valence-electron chi connectivity index (χ4n) is 3.79. The molecule has 5 nitrogen and oxygen atoms in total. The number of hydrogen-bond acceptors (Lipinski definition) is 4. The highest BCUT2D eigenvalue weighted by atomic mass is 16.5. The molecule has 2 aliphatic heterocycles. The molecule has 0 spiro atoms. The van der Waals surface area contributed by atoms with Gasteiger partial charge in [-0.15, -0.1) is 0 Å². The largest absolute Gasteiger partial charge is 0.497 e. The summed E-state index contributed by atoms with van der Waals surface area (Å²) in [6.45, 7) is 3.33. The van der Waals surface area contributed by atoms with Crippen molar-refractivity contribution in [1.82, 2.24) is 15.2 Å². The average Bonchev–Trinajstić information content (AvgIpc) is 2.92. The number of nitrogens with one attached hydrogen (secondary N) is 1. The van der Waals surface area contributed by atoms with Crippen LogP contribution in [0.3, 0.4) is 0 Å². The van der Waals surface area contributed by atoms with Crippen molar-refractivity contribution in [1.29, 1.82) is 0 Å². The zero-order valence-electron chi connectivity index (χ0n) is 13.3. The van der Waals surface area contributed by atoms with Gasteiger partial charge in [0.2, 0.25) is 0 Å². The summed E-state index contributed by atoms with van der Waals surface area (Å²) in [7, 11) is 1.64. The Balaban J connectivity index is 1.52. The zero-order chi connectivity index (χ0) is 15.8. The second-order valence-corrected chi connectivity index (χ2v) is 6.60. The molecule has 2 saturated heterocycles. The Bertz CT molecular complexity index is 734. The quantitative estimate of drug-likeness (QED) is 0.943. The van der Waals surface area contributed by atoms with E-state index in [-0.39, 0.29) is 11.9 Å². The molecule has 0 aliphatic carbocycles. The summed E-state index contributed by atoms with van der Waals surface area (Å²) < 4.78 is 5.25. The second-order valence-electron chi connectivity index (χ2n) is 6.60. The Morgan fingerprint density at radius 3 is 3.04 bits per heavy atom. The second kappa shape index (κ2) is 5.81. The molecule has 2 aliphatic rings. The maximum absolute atomic E-state index is 12.5. The highest BCUT2D eigenvalue weighted by molar-refractivity contribution is 5.96. The number of carbonyl (C=O) groups excluding carboxylic acids is 1. The minimum absolute atomic E-state index is 0.0813. The molecule has 0 radical (unpaired) electrons. The summed E-state index contributed by atoms with van der Waals surface area (Å²) in [4.78, 5) is 19.3. The Labute approximate surface area is 135 Å². The number of amides is 1. The Morgan fingerprint density at radius 1 is 1.30 bits per heavy atom. The number of aromatic nitrogens is 1. The van der Waals surface area contributed by atoms with Gasteiger partial charge >= 0.3 is 0 Å². The number of ether oxygens (including phenoxy) is 1. The summed E-state index contributed by atoms with van der Waals surface area (Å²) in [6.07, 6.45) is 4.10. The van der Waals surface area contributed by atoms with Crippen LogP contribution in [0.4, 0.5) is 0 Å². The number of pyridine rings is 1. The van der Waals surface area contributed by atoms with Gasteiger partial charge in [-0.05, 0) is 55.0 Å². The molecule has 1 aromatic heterocycles. The van der Waals surface area contributed by atoms with Gasteiger partial charge in [-0.25, -0.2) is 0 Å². The van der Waals surface area contributed by atoms with Crippen LogP contribution in [-0.2, 0) is 0 Å². The number of methoxy groups -OCH3 is 1. The molecule has 4 rings (SSSR count). The van der Waals surface area contributed by atoms with Gasteiger partial charge in [0.05, 0.1) is 7.11 Å². The van der Waals surface area contributed by atoms with Gasteiger partial charge in [-0.2, -0.15) is 0 Å². The maximum Gasteiger partial charge on any atom is 0.270 e. The van der Waals surface area contributed by atoms with Crippen LogP contribution in [0.25, 0.3) is 10.8 Å². The molecule has 1 aromatic carbocycles. The van der Waals surface area contributed by atoms with Crippen molar-refractivity contribution in [3.63, 3.8) is 0 Å². The third-order valence-electron chi connectivity index (χ3n) is 4.96. The van der Waals surface area contributed by atoms with Gasteiger partial charge in [-0.1, -0.05) is 0 Å². The van der Waals surface area contributed by atoms with Crippen LogP contribution in [-0.4, -0.2) is 48.6 Å². The molecule has 1 unspecified atom stereocenters. The van der Waals surface area contributed by atoms with Crippen LogP contribution in [0, 0.1) is 5.92 Å². The molecule has 23 heavy (non-hydrogen) atoms. The lowest BCUT2D eigenvalue weighted by molar-refractivity contribution is 0.0904. The van der Waals surface area contributed by atoms with E-state index < -0.39 is 0 Å².